The molecule has 0 saturated heterocycles. The Kier molecular flexibility index (Phi) is 4.45. The summed E-state index contributed by atoms with van der Waals surface area (Å²) in [5.41, 5.74) is 0.286. The van der Waals surface area contributed by atoms with Crippen molar-refractivity contribution in [2.75, 3.05) is 5.32 Å². The van der Waals surface area contributed by atoms with Gasteiger partial charge in [0.1, 0.15) is 0 Å². The lowest BCUT2D eigenvalue weighted by molar-refractivity contribution is -0.136. The third-order valence-corrected chi connectivity index (χ3v) is 3.87. The van der Waals surface area contributed by atoms with Crippen LogP contribution in [-0.4, -0.2) is 16.0 Å². The van der Waals surface area contributed by atoms with Gasteiger partial charge < -0.3 is 20.6 Å². The first-order valence-corrected chi connectivity index (χ1v) is 7.70. The lowest BCUT2D eigenvalue weighted by Gasteiger charge is -2.17. The number of imidazole rings is 1. The van der Waals surface area contributed by atoms with Crippen LogP contribution in [0.2, 0.25) is 0 Å². The Morgan fingerprint density at radius 2 is 1.77 bits per heavy atom. The fourth-order valence-corrected chi connectivity index (χ4v) is 2.60. The number of hydrogen-bond acceptors (Lipinski definition) is 2. The zero-order valence-corrected chi connectivity index (χ0v) is 13.6. The highest BCUT2D eigenvalue weighted by Gasteiger charge is 2.33. The van der Waals surface area contributed by atoms with E-state index >= 15 is 0 Å². The fraction of sp³-hybridized carbons (Fsp3) is 0.176. The molecular formula is C17H15F3N4O2. The topological polar surface area (TPSA) is 89.8 Å². The fourth-order valence-electron chi connectivity index (χ4n) is 2.60. The number of aromatic nitrogens is 2. The molecule has 0 bridgehead atoms. The maximum Gasteiger partial charge on any atom is 0.418 e. The van der Waals surface area contributed by atoms with Gasteiger partial charge in [-0.15, -0.1) is 0 Å². The van der Waals surface area contributed by atoms with Crippen molar-refractivity contribution in [2.24, 2.45) is 0 Å². The monoisotopic (exact) mass is 364 g/mol. The summed E-state index contributed by atoms with van der Waals surface area (Å²) in [6.45, 7) is 1.68. The maximum atomic E-state index is 13.0. The van der Waals surface area contributed by atoms with Crippen LogP contribution in [0.5, 0.6) is 0 Å². The van der Waals surface area contributed by atoms with Crippen LogP contribution in [0.1, 0.15) is 24.1 Å². The highest BCUT2D eigenvalue weighted by Crippen LogP contribution is 2.34. The number of nitrogens with one attached hydrogen (secondary N) is 4. The molecule has 136 valence electrons. The van der Waals surface area contributed by atoms with Crippen LogP contribution < -0.4 is 16.3 Å². The van der Waals surface area contributed by atoms with Crippen molar-refractivity contribution in [1.82, 2.24) is 15.3 Å². The van der Waals surface area contributed by atoms with Crippen molar-refractivity contribution in [1.29, 1.82) is 0 Å². The van der Waals surface area contributed by atoms with Gasteiger partial charge in [-0.1, -0.05) is 18.2 Å². The van der Waals surface area contributed by atoms with Crippen molar-refractivity contribution < 1.29 is 18.0 Å². The number of carbonyl (C=O) groups is 1. The quantitative estimate of drug-likeness (QED) is 0.570. The smallest absolute Gasteiger partial charge is 0.331 e. The number of halogens is 3. The molecule has 0 aliphatic carbocycles. The van der Waals surface area contributed by atoms with Crippen LogP contribution in [0, 0.1) is 0 Å². The van der Waals surface area contributed by atoms with Crippen molar-refractivity contribution in [3.63, 3.8) is 0 Å². The molecule has 0 aliphatic heterocycles. The molecular weight excluding hydrogens is 349 g/mol. The number of alkyl halides is 3. The summed E-state index contributed by atoms with van der Waals surface area (Å²) in [5, 5.41) is 4.80. The van der Waals surface area contributed by atoms with Crippen LogP contribution in [0.4, 0.5) is 23.7 Å². The van der Waals surface area contributed by atoms with E-state index in [4.69, 9.17) is 0 Å². The van der Waals surface area contributed by atoms with Gasteiger partial charge in [0.15, 0.2) is 0 Å². The normalized spacial score (nSPS) is 12.8. The minimum atomic E-state index is -4.57. The summed E-state index contributed by atoms with van der Waals surface area (Å²) < 4.78 is 38.9. The second-order valence-electron chi connectivity index (χ2n) is 5.75. The number of anilines is 1. The molecule has 0 spiro atoms. The molecule has 0 radical (unpaired) electrons. The summed E-state index contributed by atoms with van der Waals surface area (Å²) >= 11 is 0. The SMILES string of the molecule is C[C@@H](NC(=O)Nc1ccccc1C(F)(F)F)c1ccc2[nH]c(=O)[nH]c2c1. The molecule has 0 saturated carbocycles. The molecule has 26 heavy (non-hydrogen) atoms. The van der Waals surface area contributed by atoms with E-state index in [0.717, 1.165) is 6.07 Å². The lowest BCUT2D eigenvalue weighted by atomic mass is 10.1. The van der Waals surface area contributed by atoms with E-state index in [1.807, 2.05) is 0 Å². The average Bonchev–Trinajstić information content (AvgIpc) is 2.93. The minimum Gasteiger partial charge on any atom is -0.331 e. The number of para-hydroxylation sites is 1. The zero-order valence-electron chi connectivity index (χ0n) is 13.6. The molecule has 2 aromatic carbocycles. The molecule has 0 aliphatic rings. The number of benzene rings is 2. The van der Waals surface area contributed by atoms with Crippen LogP contribution >= 0.6 is 0 Å². The Bertz CT molecular complexity index is 1010. The minimum absolute atomic E-state index is 0.324. The van der Waals surface area contributed by atoms with Gasteiger partial charge in [0.25, 0.3) is 0 Å². The average molecular weight is 364 g/mol. The van der Waals surface area contributed by atoms with E-state index < -0.39 is 23.8 Å². The summed E-state index contributed by atoms with van der Waals surface area (Å²) in [4.78, 5) is 28.6. The van der Waals surface area contributed by atoms with E-state index in [-0.39, 0.29) is 11.4 Å². The molecule has 1 atom stereocenters. The van der Waals surface area contributed by atoms with Crippen LogP contribution in [0.15, 0.2) is 47.3 Å². The molecule has 9 heteroatoms. The van der Waals surface area contributed by atoms with Gasteiger partial charge in [-0.2, -0.15) is 13.2 Å². The second-order valence-corrected chi connectivity index (χ2v) is 5.75. The Morgan fingerprint density at radius 1 is 1.08 bits per heavy atom. The first-order valence-electron chi connectivity index (χ1n) is 7.70. The predicted molar refractivity (Wildman–Crippen MR) is 90.9 cm³/mol. The third-order valence-electron chi connectivity index (χ3n) is 3.87. The van der Waals surface area contributed by atoms with Gasteiger partial charge in [0, 0.05) is 0 Å². The Labute approximate surface area is 145 Å². The summed E-state index contributed by atoms with van der Waals surface area (Å²) in [6.07, 6.45) is -4.57. The molecule has 2 amide bonds. The van der Waals surface area contributed by atoms with E-state index in [1.165, 1.54) is 18.2 Å². The van der Waals surface area contributed by atoms with Gasteiger partial charge in [-0.3, -0.25) is 0 Å². The van der Waals surface area contributed by atoms with Gasteiger partial charge in [0.05, 0.1) is 28.3 Å². The number of H-pyrrole nitrogens is 2. The van der Waals surface area contributed by atoms with Gasteiger partial charge in [-0.25, -0.2) is 9.59 Å². The maximum absolute atomic E-state index is 13.0. The Balaban J connectivity index is 1.74. The Hall–Kier alpha value is -3.23. The number of aromatic amines is 2. The van der Waals surface area contributed by atoms with Crippen molar-refractivity contribution >= 4 is 22.8 Å². The molecule has 3 rings (SSSR count). The van der Waals surface area contributed by atoms with Crippen LogP contribution in [0.3, 0.4) is 0 Å². The summed E-state index contributed by atoms with van der Waals surface area (Å²) in [5.74, 6) is 0. The van der Waals surface area contributed by atoms with Gasteiger partial charge >= 0.3 is 17.9 Å². The predicted octanol–water partition coefficient (Wildman–Crippen LogP) is 3.76. The van der Waals surface area contributed by atoms with Crippen LogP contribution in [0.25, 0.3) is 11.0 Å². The second kappa shape index (κ2) is 6.58. The molecule has 1 aromatic heterocycles. The number of carbonyl (C=O) groups excluding carboxylic acids is 1. The number of hydrogen-bond donors (Lipinski definition) is 4. The number of amides is 2. The summed E-state index contributed by atoms with van der Waals surface area (Å²) in [6, 6.07) is 8.55. The highest BCUT2D eigenvalue weighted by molar-refractivity contribution is 5.90. The van der Waals surface area contributed by atoms with E-state index in [1.54, 1.807) is 25.1 Å². The summed E-state index contributed by atoms with van der Waals surface area (Å²) in [7, 11) is 0. The molecule has 0 unspecified atom stereocenters. The number of urea groups is 1. The number of rotatable bonds is 3. The highest BCUT2D eigenvalue weighted by atomic mass is 19.4. The zero-order chi connectivity index (χ0) is 18.9. The third kappa shape index (κ3) is 3.71. The largest absolute Gasteiger partial charge is 0.418 e. The standard InChI is InChI=1S/C17H15F3N4O2/c1-9(10-6-7-13-14(8-10)24-16(26)23-13)21-15(25)22-12-5-3-2-4-11(12)17(18,19)20/h2-9H,1H3,(H2,21,22,25)(H2,23,24,26)/t9-/m1/s1. The van der Waals surface area contributed by atoms with Gasteiger partial charge in [0.2, 0.25) is 0 Å². The molecule has 0 fully saturated rings. The van der Waals surface area contributed by atoms with Crippen molar-refractivity contribution in [3.8, 4) is 0 Å². The van der Waals surface area contributed by atoms with Crippen molar-refractivity contribution in [3.05, 3.63) is 64.1 Å². The molecule has 1 heterocycles. The first-order chi connectivity index (χ1) is 12.2. The van der Waals surface area contributed by atoms with Gasteiger partial charge in [-0.05, 0) is 36.8 Å². The molecule has 6 nitrogen and oxygen atoms in total. The Morgan fingerprint density at radius 3 is 2.50 bits per heavy atom. The van der Waals surface area contributed by atoms with E-state index in [0.29, 0.717) is 16.6 Å². The van der Waals surface area contributed by atoms with Crippen LogP contribution in [-0.2, 0) is 6.18 Å². The van der Waals surface area contributed by atoms with Crippen molar-refractivity contribution in [2.45, 2.75) is 19.1 Å². The van der Waals surface area contributed by atoms with E-state index in [2.05, 4.69) is 20.6 Å². The molecule has 3 aromatic rings. The first kappa shape index (κ1) is 17.6. The molecule has 4 N–H and O–H groups in total. The number of fused-ring (bicyclic) bond motifs is 1. The van der Waals surface area contributed by atoms with E-state index in [9.17, 15) is 22.8 Å². The lowest BCUT2D eigenvalue weighted by Crippen LogP contribution is -2.31.